The molecule has 1 fully saturated rings. The molecule has 2 unspecified atom stereocenters. The molecule has 0 bridgehead atoms. The van der Waals surface area contributed by atoms with Crippen LogP contribution in [0.1, 0.15) is 19.8 Å². The predicted octanol–water partition coefficient (Wildman–Crippen LogP) is -0.140. The van der Waals surface area contributed by atoms with Gasteiger partial charge in [-0.25, -0.2) is 0 Å². The number of carbonyl (C=O) groups is 1. The minimum absolute atomic E-state index is 0.0741. The highest BCUT2D eigenvalue weighted by Crippen LogP contribution is 2.16. The van der Waals surface area contributed by atoms with Crippen molar-refractivity contribution in [3.8, 4) is 0 Å². The minimum Gasteiger partial charge on any atom is -0.369 e. The highest BCUT2D eigenvalue weighted by Gasteiger charge is 2.29. The number of nitrogens with two attached hydrogens (primary N) is 1. The molecular weight excluding hydrogens is 128 g/mol. The normalized spacial score (nSPS) is 32.5. The third kappa shape index (κ3) is 1.29. The summed E-state index contributed by atoms with van der Waals surface area (Å²) in [5, 5.41) is 3.24. The fourth-order valence-electron chi connectivity index (χ4n) is 1.54. The standard InChI is InChI=1S/C7H14N2O/c1-2-6-5(7(8)10)3-4-9-6/h5-6,9H,2-4H2,1H3,(H2,8,10). The van der Waals surface area contributed by atoms with E-state index in [1.54, 1.807) is 0 Å². The van der Waals surface area contributed by atoms with E-state index in [4.69, 9.17) is 5.73 Å². The SMILES string of the molecule is CCC1NCCC1C(N)=O. The smallest absolute Gasteiger partial charge is 0.222 e. The Balaban J connectivity index is 2.50. The second-order valence-corrected chi connectivity index (χ2v) is 2.77. The van der Waals surface area contributed by atoms with E-state index in [1.165, 1.54) is 0 Å². The van der Waals surface area contributed by atoms with E-state index < -0.39 is 0 Å². The van der Waals surface area contributed by atoms with Crippen LogP contribution in [0.25, 0.3) is 0 Å². The number of nitrogens with one attached hydrogen (secondary N) is 1. The first-order valence-corrected chi connectivity index (χ1v) is 3.78. The Bertz CT molecular complexity index is 136. The number of amides is 1. The third-order valence-corrected chi connectivity index (χ3v) is 2.15. The first-order valence-electron chi connectivity index (χ1n) is 3.78. The quantitative estimate of drug-likeness (QED) is 0.564. The lowest BCUT2D eigenvalue weighted by Gasteiger charge is -2.13. The molecular formula is C7H14N2O. The lowest BCUT2D eigenvalue weighted by Crippen LogP contribution is -2.34. The highest BCUT2D eigenvalue weighted by atomic mass is 16.1. The molecule has 1 amide bonds. The molecule has 1 rings (SSSR count). The minimum atomic E-state index is -0.156. The van der Waals surface area contributed by atoms with E-state index >= 15 is 0 Å². The van der Waals surface area contributed by atoms with Gasteiger partial charge in [0.15, 0.2) is 0 Å². The van der Waals surface area contributed by atoms with Gasteiger partial charge in [0.05, 0.1) is 5.92 Å². The van der Waals surface area contributed by atoms with Gasteiger partial charge < -0.3 is 11.1 Å². The zero-order valence-electron chi connectivity index (χ0n) is 6.26. The summed E-state index contributed by atoms with van der Waals surface area (Å²) in [6.07, 6.45) is 1.90. The van der Waals surface area contributed by atoms with E-state index in [2.05, 4.69) is 12.2 Å². The van der Waals surface area contributed by atoms with Crippen molar-refractivity contribution in [3.05, 3.63) is 0 Å². The van der Waals surface area contributed by atoms with Crippen LogP contribution in [0, 0.1) is 5.92 Å². The largest absolute Gasteiger partial charge is 0.369 e. The van der Waals surface area contributed by atoms with Crippen molar-refractivity contribution in [2.75, 3.05) is 6.54 Å². The topological polar surface area (TPSA) is 55.1 Å². The van der Waals surface area contributed by atoms with Gasteiger partial charge in [-0.3, -0.25) is 4.79 Å². The van der Waals surface area contributed by atoms with Crippen LogP contribution in [0.15, 0.2) is 0 Å². The van der Waals surface area contributed by atoms with Gasteiger partial charge in [-0.15, -0.1) is 0 Å². The maximum atomic E-state index is 10.8. The maximum Gasteiger partial charge on any atom is 0.222 e. The Labute approximate surface area is 61.0 Å². The van der Waals surface area contributed by atoms with Crippen LogP contribution in [0.4, 0.5) is 0 Å². The zero-order valence-corrected chi connectivity index (χ0v) is 6.26. The summed E-state index contributed by atoms with van der Waals surface area (Å²) in [5.41, 5.74) is 5.18. The van der Waals surface area contributed by atoms with Crippen LogP contribution in [-0.4, -0.2) is 18.5 Å². The monoisotopic (exact) mass is 142 g/mol. The van der Waals surface area contributed by atoms with Gasteiger partial charge in [0, 0.05) is 6.04 Å². The molecule has 1 aliphatic rings. The molecule has 3 heteroatoms. The summed E-state index contributed by atoms with van der Waals surface area (Å²) in [6.45, 7) is 3.00. The Hall–Kier alpha value is -0.570. The Morgan fingerprint density at radius 2 is 2.50 bits per heavy atom. The zero-order chi connectivity index (χ0) is 7.56. The van der Waals surface area contributed by atoms with Gasteiger partial charge in [-0.2, -0.15) is 0 Å². The lowest BCUT2D eigenvalue weighted by molar-refractivity contribution is -0.122. The molecule has 1 aliphatic heterocycles. The molecule has 2 atom stereocenters. The predicted molar refractivity (Wildman–Crippen MR) is 39.4 cm³/mol. The molecule has 58 valence electrons. The van der Waals surface area contributed by atoms with Gasteiger partial charge in [-0.05, 0) is 19.4 Å². The van der Waals surface area contributed by atoms with Crippen molar-refractivity contribution in [2.24, 2.45) is 11.7 Å². The van der Waals surface area contributed by atoms with Crippen LogP contribution in [-0.2, 0) is 4.79 Å². The summed E-state index contributed by atoms with van der Waals surface area (Å²) < 4.78 is 0. The number of hydrogen-bond acceptors (Lipinski definition) is 2. The molecule has 0 aliphatic carbocycles. The first kappa shape index (κ1) is 7.54. The number of hydrogen-bond donors (Lipinski definition) is 2. The molecule has 0 spiro atoms. The van der Waals surface area contributed by atoms with Crippen molar-refractivity contribution >= 4 is 5.91 Å². The lowest BCUT2D eigenvalue weighted by atomic mass is 9.98. The van der Waals surface area contributed by atoms with E-state index in [-0.39, 0.29) is 11.8 Å². The van der Waals surface area contributed by atoms with Gasteiger partial charge in [-0.1, -0.05) is 6.92 Å². The van der Waals surface area contributed by atoms with Crippen LogP contribution in [0.2, 0.25) is 0 Å². The average Bonchev–Trinajstić information content (AvgIpc) is 2.33. The third-order valence-electron chi connectivity index (χ3n) is 2.15. The van der Waals surface area contributed by atoms with E-state index in [0.717, 1.165) is 19.4 Å². The molecule has 0 aromatic heterocycles. The van der Waals surface area contributed by atoms with Gasteiger partial charge in [0.1, 0.15) is 0 Å². The highest BCUT2D eigenvalue weighted by molar-refractivity contribution is 5.77. The number of rotatable bonds is 2. The van der Waals surface area contributed by atoms with Crippen molar-refractivity contribution in [2.45, 2.75) is 25.8 Å². The van der Waals surface area contributed by atoms with E-state index in [9.17, 15) is 4.79 Å². The number of primary amides is 1. The van der Waals surface area contributed by atoms with Crippen LogP contribution >= 0.6 is 0 Å². The molecule has 0 aromatic carbocycles. The van der Waals surface area contributed by atoms with Crippen molar-refractivity contribution in [3.63, 3.8) is 0 Å². The van der Waals surface area contributed by atoms with Crippen molar-refractivity contribution < 1.29 is 4.79 Å². The van der Waals surface area contributed by atoms with Crippen LogP contribution in [0.5, 0.6) is 0 Å². The molecule has 0 aromatic rings. The Morgan fingerprint density at radius 3 is 2.90 bits per heavy atom. The molecule has 1 heterocycles. The summed E-state index contributed by atoms with van der Waals surface area (Å²) in [6, 6.07) is 0.331. The van der Waals surface area contributed by atoms with Gasteiger partial charge in [0.25, 0.3) is 0 Å². The molecule has 0 radical (unpaired) electrons. The summed E-state index contributed by atoms with van der Waals surface area (Å²) >= 11 is 0. The van der Waals surface area contributed by atoms with E-state index in [1.807, 2.05) is 0 Å². The summed E-state index contributed by atoms with van der Waals surface area (Å²) in [5.74, 6) is -0.0816. The molecule has 1 saturated heterocycles. The Morgan fingerprint density at radius 1 is 1.80 bits per heavy atom. The first-order chi connectivity index (χ1) is 4.75. The molecule has 3 nitrogen and oxygen atoms in total. The number of carbonyl (C=O) groups excluding carboxylic acids is 1. The molecule has 0 saturated carbocycles. The fourth-order valence-corrected chi connectivity index (χ4v) is 1.54. The van der Waals surface area contributed by atoms with Crippen molar-refractivity contribution in [1.29, 1.82) is 0 Å². The molecule has 3 N–H and O–H groups in total. The van der Waals surface area contributed by atoms with E-state index in [0.29, 0.717) is 6.04 Å². The fraction of sp³-hybridized carbons (Fsp3) is 0.857. The Kier molecular flexibility index (Phi) is 2.27. The summed E-state index contributed by atoms with van der Waals surface area (Å²) in [7, 11) is 0. The maximum absolute atomic E-state index is 10.8. The van der Waals surface area contributed by atoms with Crippen molar-refractivity contribution in [1.82, 2.24) is 5.32 Å². The van der Waals surface area contributed by atoms with Crippen LogP contribution < -0.4 is 11.1 Å². The second kappa shape index (κ2) is 3.01. The summed E-state index contributed by atoms with van der Waals surface area (Å²) in [4.78, 5) is 10.8. The van der Waals surface area contributed by atoms with Crippen LogP contribution in [0.3, 0.4) is 0 Å². The van der Waals surface area contributed by atoms with Gasteiger partial charge >= 0.3 is 0 Å². The average molecular weight is 142 g/mol. The molecule has 10 heavy (non-hydrogen) atoms. The second-order valence-electron chi connectivity index (χ2n) is 2.77. The van der Waals surface area contributed by atoms with Gasteiger partial charge in [0.2, 0.25) is 5.91 Å².